The van der Waals surface area contributed by atoms with E-state index in [1.807, 2.05) is 0 Å². The van der Waals surface area contributed by atoms with E-state index in [1.54, 1.807) is 72.8 Å². The second-order valence-corrected chi connectivity index (χ2v) is 7.79. The lowest BCUT2D eigenvalue weighted by Gasteiger charge is -2.09. The van der Waals surface area contributed by atoms with Crippen LogP contribution >= 0.6 is 11.6 Å². The molecule has 1 aromatic heterocycles. The number of furan rings is 1. The van der Waals surface area contributed by atoms with E-state index in [0.717, 1.165) is 5.56 Å². The summed E-state index contributed by atoms with van der Waals surface area (Å²) in [7, 11) is 0. The highest BCUT2D eigenvalue weighted by atomic mass is 35.5. The Balaban J connectivity index is 1.25. The summed E-state index contributed by atoms with van der Waals surface area (Å²) in [5.41, 5.74) is 6.79. The van der Waals surface area contributed by atoms with Crippen molar-refractivity contribution in [3.63, 3.8) is 0 Å². The molecule has 3 aromatic carbocycles. The Morgan fingerprint density at radius 2 is 1.34 bits per heavy atom. The zero-order chi connectivity index (χ0) is 24.6. The van der Waals surface area contributed by atoms with E-state index in [2.05, 4.69) is 16.2 Å². The van der Waals surface area contributed by atoms with Gasteiger partial charge in [0.05, 0.1) is 6.26 Å². The van der Waals surface area contributed by atoms with Crippen LogP contribution in [0.5, 0.6) is 5.75 Å². The van der Waals surface area contributed by atoms with Crippen LogP contribution < -0.4 is 20.9 Å². The van der Waals surface area contributed by atoms with Crippen LogP contribution in [0.25, 0.3) is 0 Å². The number of hydrogen-bond donors (Lipinski definition) is 3. The van der Waals surface area contributed by atoms with Gasteiger partial charge in [0.25, 0.3) is 17.7 Å². The number of nitrogens with one attached hydrogen (secondary N) is 3. The molecule has 0 spiro atoms. The Kier molecular flexibility index (Phi) is 7.44. The van der Waals surface area contributed by atoms with Crippen LogP contribution in [0.3, 0.4) is 0 Å². The van der Waals surface area contributed by atoms with Gasteiger partial charge in [0, 0.05) is 21.8 Å². The van der Waals surface area contributed by atoms with Crippen LogP contribution in [0.2, 0.25) is 5.02 Å². The number of hydrogen-bond acceptors (Lipinski definition) is 5. The second-order valence-electron chi connectivity index (χ2n) is 7.36. The van der Waals surface area contributed by atoms with Crippen molar-refractivity contribution in [2.45, 2.75) is 6.61 Å². The maximum Gasteiger partial charge on any atom is 0.291 e. The van der Waals surface area contributed by atoms with Crippen molar-refractivity contribution < 1.29 is 23.5 Å². The minimum atomic E-state index is -0.504. The van der Waals surface area contributed by atoms with Gasteiger partial charge in [-0.3, -0.25) is 25.2 Å². The number of anilines is 1. The van der Waals surface area contributed by atoms with Gasteiger partial charge in [-0.1, -0.05) is 23.7 Å². The fourth-order valence-electron chi connectivity index (χ4n) is 3.01. The average molecular weight is 490 g/mol. The number of hydrazine groups is 1. The first-order valence-electron chi connectivity index (χ1n) is 10.5. The summed E-state index contributed by atoms with van der Waals surface area (Å²) < 4.78 is 10.7. The van der Waals surface area contributed by atoms with Gasteiger partial charge in [0.1, 0.15) is 12.4 Å². The fraction of sp³-hybridized carbons (Fsp3) is 0.0385. The molecule has 4 aromatic rings. The predicted molar refractivity (Wildman–Crippen MR) is 130 cm³/mol. The number of amides is 3. The van der Waals surface area contributed by atoms with Crippen molar-refractivity contribution in [3.05, 3.63) is 119 Å². The monoisotopic (exact) mass is 489 g/mol. The summed E-state index contributed by atoms with van der Waals surface area (Å²) in [6.07, 6.45) is 1.41. The van der Waals surface area contributed by atoms with Gasteiger partial charge in [-0.05, 0) is 78.4 Å². The van der Waals surface area contributed by atoms with Gasteiger partial charge < -0.3 is 14.5 Å². The van der Waals surface area contributed by atoms with Gasteiger partial charge in [-0.15, -0.1) is 0 Å². The summed E-state index contributed by atoms with van der Waals surface area (Å²) in [5.74, 6) is -0.508. The van der Waals surface area contributed by atoms with Crippen LogP contribution in [0.1, 0.15) is 36.8 Å². The third-order valence-electron chi connectivity index (χ3n) is 4.87. The Labute approximate surface area is 205 Å². The molecular formula is C26H20ClN3O5. The molecule has 0 aliphatic carbocycles. The van der Waals surface area contributed by atoms with Gasteiger partial charge in [0.2, 0.25) is 0 Å². The molecule has 0 atom stereocenters. The third-order valence-corrected chi connectivity index (χ3v) is 5.13. The summed E-state index contributed by atoms with van der Waals surface area (Å²) >= 11 is 5.86. The van der Waals surface area contributed by atoms with Crippen molar-refractivity contribution >= 4 is 35.0 Å². The molecule has 4 rings (SSSR count). The molecule has 0 saturated heterocycles. The van der Waals surface area contributed by atoms with Gasteiger partial charge in [0.15, 0.2) is 5.76 Å². The van der Waals surface area contributed by atoms with Gasteiger partial charge >= 0.3 is 0 Å². The molecule has 9 heteroatoms. The van der Waals surface area contributed by atoms with Crippen molar-refractivity contribution in [3.8, 4) is 5.75 Å². The zero-order valence-electron chi connectivity index (χ0n) is 18.3. The predicted octanol–water partition coefficient (Wildman–Crippen LogP) is 4.84. The highest BCUT2D eigenvalue weighted by molar-refractivity contribution is 6.30. The largest absolute Gasteiger partial charge is 0.489 e. The molecule has 1 heterocycles. The van der Waals surface area contributed by atoms with Crippen molar-refractivity contribution in [1.82, 2.24) is 10.9 Å². The molecule has 0 saturated carbocycles. The average Bonchev–Trinajstić information content (AvgIpc) is 3.43. The fourth-order valence-corrected chi connectivity index (χ4v) is 3.14. The van der Waals surface area contributed by atoms with Crippen molar-refractivity contribution in [2.75, 3.05) is 5.32 Å². The molecule has 3 N–H and O–H groups in total. The maximum atomic E-state index is 12.4. The number of benzene rings is 3. The summed E-state index contributed by atoms with van der Waals surface area (Å²) in [6.45, 7) is 0.332. The maximum absolute atomic E-state index is 12.4. The molecule has 0 unspecified atom stereocenters. The number of rotatable bonds is 7. The Morgan fingerprint density at radius 3 is 1.91 bits per heavy atom. The summed E-state index contributed by atoms with van der Waals surface area (Å²) in [6, 6.07) is 23.2. The third kappa shape index (κ3) is 6.49. The molecule has 176 valence electrons. The van der Waals surface area contributed by atoms with E-state index in [1.165, 1.54) is 18.4 Å². The molecule has 0 fully saturated rings. The topological polar surface area (TPSA) is 110 Å². The molecule has 0 bridgehead atoms. The van der Waals surface area contributed by atoms with Crippen LogP contribution in [0, 0.1) is 0 Å². The summed E-state index contributed by atoms with van der Waals surface area (Å²) in [5, 5.41) is 3.29. The van der Waals surface area contributed by atoms with Crippen LogP contribution in [0.15, 0.2) is 95.6 Å². The minimum Gasteiger partial charge on any atom is -0.489 e. The minimum absolute atomic E-state index is 0.177. The Hall–Kier alpha value is -4.56. The first kappa shape index (κ1) is 23.6. The lowest BCUT2D eigenvalue weighted by molar-refractivity contribution is 0.0846. The number of ether oxygens (including phenoxy) is 1. The normalized spacial score (nSPS) is 10.3. The molecule has 0 radical (unpaired) electrons. The van der Waals surface area contributed by atoms with Gasteiger partial charge in [-0.2, -0.15) is 0 Å². The van der Waals surface area contributed by atoms with E-state index in [9.17, 15) is 14.4 Å². The first-order valence-corrected chi connectivity index (χ1v) is 10.9. The van der Waals surface area contributed by atoms with E-state index in [0.29, 0.717) is 34.2 Å². The highest BCUT2D eigenvalue weighted by Crippen LogP contribution is 2.17. The number of carbonyl (C=O) groups is 3. The Bertz CT molecular complexity index is 1300. The highest BCUT2D eigenvalue weighted by Gasteiger charge is 2.11. The van der Waals surface area contributed by atoms with E-state index in [4.69, 9.17) is 20.8 Å². The quantitative estimate of drug-likeness (QED) is 0.322. The van der Waals surface area contributed by atoms with Crippen LogP contribution in [-0.2, 0) is 6.61 Å². The standard InChI is InChI=1S/C26H20ClN3O5/c27-20-9-13-22(14-10-20)35-16-17-3-5-18(6-4-17)24(31)29-30-25(32)19-7-11-21(12-8-19)28-26(33)23-2-1-15-34-23/h1-15H,16H2,(H,28,33)(H,29,31)(H,30,32). The lowest BCUT2D eigenvalue weighted by atomic mass is 10.1. The molecule has 3 amide bonds. The number of carbonyl (C=O) groups excluding carboxylic acids is 3. The SMILES string of the molecule is O=C(NNC(=O)c1ccc(NC(=O)c2ccco2)cc1)c1ccc(COc2ccc(Cl)cc2)cc1. The van der Waals surface area contributed by atoms with E-state index < -0.39 is 17.7 Å². The van der Waals surface area contributed by atoms with E-state index in [-0.39, 0.29) is 5.76 Å². The molecular weight excluding hydrogens is 470 g/mol. The zero-order valence-corrected chi connectivity index (χ0v) is 19.0. The molecule has 0 aliphatic heterocycles. The van der Waals surface area contributed by atoms with Crippen molar-refractivity contribution in [2.24, 2.45) is 0 Å². The van der Waals surface area contributed by atoms with Gasteiger partial charge in [-0.25, -0.2) is 0 Å². The summed E-state index contributed by atoms with van der Waals surface area (Å²) in [4.78, 5) is 36.7. The Morgan fingerprint density at radius 1 is 0.743 bits per heavy atom. The molecule has 0 aliphatic rings. The number of halogens is 1. The first-order chi connectivity index (χ1) is 17.0. The molecule has 8 nitrogen and oxygen atoms in total. The smallest absolute Gasteiger partial charge is 0.291 e. The van der Waals surface area contributed by atoms with Crippen LogP contribution in [-0.4, -0.2) is 17.7 Å². The van der Waals surface area contributed by atoms with E-state index >= 15 is 0 Å². The van der Waals surface area contributed by atoms with Crippen molar-refractivity contribution in [1.29, 1.82) is 0 Å². The molecule has 35 heavy (non-hydrogen) atoms. The second kappa shape index (κ2) is 11.0. The van der Waals surface area contributed by atoms with Crippen LogP contribution in [0.4, 0.5) is 5.69 Å². The lowest BCUT2D eigenvalue weighted by Crippen LogP contribution is -2.41.